The van der Waals surface area contributed by atoms with Crippen molar-refractivity contribution >= 4 is 5.91 Å². The van der Waals surface area contributed by atoms with Gasteiger partial charge < -0.3 is 9.47 Å². The van der Waals surface area contributed by atoms with Crippen LogP contribution in [0.4, 0.5) is 0 Å². The average molecular weight is 349 g/mol. The molecule has 1 atom stereocenters. The smallest absolute Gasteiger partial charge is 0.255 e. The van der Waals surface area contributed by atoms with Gasteiger partial charge in [-0.05, 0) is 18.9 Å². The highest BCUT2D eigenvalue weighted by Gasteiger charge is 2.33. The van der Waals surface area contributed by atoms with Gasteiger partial charge in [0.2, 0.25) is 5.56 Å². The van der Waals surface area contributed by atoms with E-state index in [9.17, 15) is 9.59 Å². The molecule has 4 rings (SSSR count). The van der Waals surface area contributed by atoms with Crippen LogP contribution in [0.3, 0.4) is 0 Å². The van der Waals surface area contributed by atoms with E-state index >= 15 is 0 Å². The van der Waals surface area contributed by atoms with E-state index in [4.69, 9.17) is 0 Å². The van der Waals surface area contributed by atoms with Crippen LogP contribution in [0, 0.1) is 0 Å². The Balaban J connectivity index is 1.60. The number of pyridine rings is 1. The summed E-state index contributed by atoms with van der Waals surface area (Å²) in [7, 11) is 1.64. The predicted molar refractivity (Wildman–Crippen MR) is 96.5 cm³/mol. The highest BCUT2D eigenvalue weighted by atomic mass is 16.2. The Morgan fingerprint density at radius 3 is 2.77 bits per heavy atom. The molecule has 0 spiro atoms. The lowest BCUT2D eigenvalue weighted by Crippen LogP contribution is -2.32. The Morgan fingerprint density at radius 1 is 1.19 bits per heavy atom. The molecule has 3 aromatic rings. The maximum Gasteiger partial charge on any atom is 0.255 e. The molecule has 0 aliphatic carbocycles. The van der Waals surface area contributed by atoms with Gasteiger partial charge >= 0.3 is 0 Å². The van der Waals surface area contributed by atoms with Crippen molar-refractivity contribution in [3.8, 4) is 11.4 Å². The molecule has 2 aromatic heterocycles. The van der Waals surface area contributed by atoms with Gasteiger partial charge in [-0.15, -0.1) is 0 Å². The zero-order chi connectivity index (χ0) is 18.1. The minimum absolute atomic E-state index is 0.0965. The summed E-state index contributed by atoms with van der Waals surface area (Å²) in [5, 5.41) is 7.30. The van der Waals surface area contributed by atoms with Crippen molar-refractivity contribution in [2.24, 2.45) is 7.05 Å². The molecule has 132 valence electrons. The van der Waals surface area contributed by atoms with Crippen LogP contribution in [-0.4, -0.2) is 37.1 Å². The number of aromatic nitrogens is 4. The molecular weight excluding hydrogens is 330 g/mol. The van der Waals surface area contributed by atoms with Crippen molar-refractivity contribution in [1.29, 1.82) is 0 Å². The summed E-state index contributed by atoms with van der Waals surface area (Å²) in [5.74, 6) is 1.22. The van der Waals surface area contributed by atoms with Crippen molar-refractivity contribution in [2.75, 3.05) is 6.54 Å². The highest BCUT2D eigenvalue weighted by Crippen LogP contribution is 2.31. The Bertz CT molecular complexity index is 992. The number of amides is 1. The van der Waals surface area contributed by atoms with E-state index in [1.807, 2.05) is 30.3 Å². The fourth-order valence-electron chi connectivity index (χ4n) is 3.32. The minimum atomic E-state index is -0.137. The molecule has 3 heterocycles. The number of nitrogens with zero attached hydrogens (tertiary/aromatic N) is 4. The number of aromatic amines is 1. The van der Waals surface area contributed by atoms with Gasteiger partial charge in [-0.1, -0.05) is 30.3 Å². The van der Waals surface area contributed by atoms with E-state index in [1.54, 1.807) is 24.2 Å². The summed E-state index contributed by atoms with van der Waals surface area (Å²) >= 11 is 0. The lowest BCUT2D eigenvalue weighted by atomic mass is 10.2. The lowest BCUT2D eigenvalue weighted by molar-refractivity contribution is 0.0729. The Morgan fingerprint density at radius 2 is 2.00 bits per heavy atom. The Labute approximate surface area is 150 Å². The average Bonchev–Trinajstić information content (AvgIpc) is 3.33. The van der Waals surface area contributed by atoms with Gasteiger partial charge in [0.25, 0.3) is 5.91 Å². The standard InChI is InChI=1S/C19H19N5O2/c1-23-12-14(9-10-16(23)25)19(26)24-11-5-8-15(24)18-20-17(21-22-18)13-6-3-2-4-7-13/h2-4,6-7,9-10,12,15H,5,8,11H2,1H3,(H,20,21,22)/t15-/m0/s1. The molecule has 7 nitrogen and oxygen atoms in total. The zero-order valence-corrected chi connectivity index (χ0v) is 14.4. The Hall–Kier alpha value is -3.22. The van der Waals surface area contributed by atoms with Crippen LogP contribution in [0.25, 0.3) is 11.4 Å². The van der Waals surface area contributed by atoms with Crippen LogP contribution in [0.1, 0.15) is 35.1 Å². The molecule has 1 N–H and O–H groups in total. The summed E-state index contributed by atoms with van der Waals surface area (Å²) in [6, 6.07) is 12.6. The largest absolute Gasteiger partial charge is 0.328 e. The second-order valence-electron chi connectivity index (χ2n) is 6.43. The maximum atomic E-state index is 12.9. The topological polar surface area (TPSA) is 83.9 Å². The van der Waals surface area contributed by atoms with Crippen molar-refractivity contribution in [1.82, 2.24) is 24.6 Å². The Kier molecular flexibility index (Phi) is 4.12. The third-order valence-corrected chi connectivity index (χ3v) is 4.70. The van der Waals surface area contributed by atoms with E-state index in [0.29, 0.717) is 23.8 Å². The number of H-pyrrole nitrogens is 1. The molecule has 0 saturated carbocycles. The van der Waals surface area contributed by atoms with Crippen LogP contribution in [0.2, 0.25) is 0 Å². The number of likely N-dealkylation sites (tertiary alicyclic amines) is 1. The normalized spacial score (nSPS) is 16.8. The van der Waals surface area contributed by atoms with E-state index in [1.165, 1.54) is 10.6 Å². The second kappa shape index (κ2) is 6.59. The first-order valence-electron chi connectivity index (χ1n) is 8.59. The molecule has 0 unspecified atom stereocenters. The van der Waals surface area contributed by atoms with Gasteiger partial charge in [-0.2, -0.15) is 5.10 Å². The van der Waals surface area contributed by atoms with Crippen molar-refractivity contribution in [3.05, 3.63) is 70.4 Å². The van der Waals surface area contributed by atoms with Gasteiger partial charge in [-0.25, -0.2) is 4.98 Å². The van der Waals surface area contributed by atoms with Gasteiger partial charge in [0.15, 0.2) is 5.82 Å². The van der Waals surface area contributed by atoms with Gasteiger partial charge in [0.1, 0.15) is 5.82 Å². The first-order valence-corrected chi connectivity index (χ1v) is 8.59. The fraction of sp³-hybridized carbons (Fsp3) is 0.263. The summed E-state index contributed by atoms with van der Waals surface area (Å²) in [5.41, 5.74) is 1.30. The lowest BCUT2D eigenvalue weighted by Gasteiger charge is -2.23. The van der Waals surface area contributed by atoms with Gasteiger partial charge in [-0.3, -0.25) is 14.7 Å². The van der Waals surface area contributed by atoms with Crippen molar-refractivity contribution in [2.45, 2.75) is 18.9 Å². The van der Waals surface area contributed by atoms with E-state index < -0.39 is 0 Å². The molecule has 1 aromatic carbocycles. The summed E-state index contributed by atoms with van der Waals surface area (Å²) < 4.78 is 1.42. The number of rotatable bonds is 3. The zero-order valence-electron chi connectivity index (χ0n) is 14.4. The summed E-state index contributed by atoms with van der Waals surface area (Å²) in [4.78, 5) is 30.9. The SMILES string of the molecule is Cn1cc(C(=O)N2CCC[C@H]2c2nc(-c3ccccc3)n[nH]2)ccc1=O. The molecule has 1 amide bonds. The monoisotopic (exact) mass is 349 g/mol. The molecule has 7 heteroatoms. The third-order valence-electron chi connectivity index (χ3n) is 4.70. The molecule has 1 fully saturated rings. The minimum Gasteiger partial charge on any atom is -0.328 e. The maximum absolute atomic E-state index is 12.9. The summed E-state index contributed by atoms with van der Waals surface area (Å²) in [6.45, 7) is 0.660. The first kappa shape index (κ1) is 16.3. The number of hydrogen-bond acceptors (Lipinski definition) is 4. The van der Waals surface area contributed by atoms with Crippen molar-refractivity contribution in [3.63, 3.8) is 0 Å². The van der Waals surface area contributed by atoms with Crippen molar-refractivity contribution < 1.29 is 4.79 Å². The first-order chi connectivity index (χ1) is 12.6. The van der Waals surface area contributed by atoms with Crippen LogP contribution in [-0.2, 0) is 7.05 Å². The molecule has 26 heavy (non-hydrogen) atoms. The summed E-state index contributed by atoms with van der Waals surface area (Å²) in [6.07, 6.45) is 3.32. The van der Waals surface area contributed by atoms with Gasteiger partial charge in [0.05, 0.1) is 11.6 Å². The van der Waals surface area contributed by atoms with Crippen LogP contribution < -0.4 is 5.56 Å². The number of carbonyl (C=O) groups is 1. The fourth-order valence-corrected chi connectivity index (χ4v) is 3.32. The molecule has 0 bridgehead atoms. The van der Waals surface area contributed by atoms with E-state index in [-0.39, 0.29) is 17.5 Å². The van der Waals surface area contributed by atoms with Crippen LogP contribution >= 0.6 is 0 Å². The molecule has 1 saturated heterocycles. The molecular formula is C19H19N5O2. The highest BCUT2D eigenvalue weighted by molar-refractivity contribution is 5.94. The quantitative estimate of drug-likeness (QED) is 0.785. The number of hydrogen-bond donors (Lipinski definition) is 1. The molecule has 1 aliphatic rings. The third kappa shape index (κ3) is 2.92. The molecule has 0 radical (unpaired) electrons. The number of nitrogens with one attached hydrogen (secondary N) is 1. The second-order valence-corrected chi connectivity index (χ2v) is 6.43. The van der Waals surface area contributed by atoms with Crippen LogP contribution in [0.15, 0.2) is 53.5 Å². The number of carbonyl (C=O) groups excluding carboxylic acids is 1. The van der Waals surface area contributed by atoms with Gasteiger partial charge in [0, 0.05) is 31.4 Å². The number of aryl methyl sites for hydroxylation is 1. The van der Waals surface area contributed by atoms with E-state index in [2.05, 4.69) is 15.2 Å². The van der Waals surface area contributed by atoms with E-state index in [0.717, 1.165) is 18.4 Å². The van der Waals surface area contributed by atoms with Crippen LogP contribution in [0.5, 0.6) is 0 Å². The predicted octanol–water partition coefficient (Wildman–Crippen LogP) is 2.15. The number of benzene rings is 1. The molecule has 1 aliphatic heterocycles.